The van der Waals surface area contributed by atoms with Crippen molar-refractivity contribution in [2.24, 2.45) is 0 Å². The van der Waals surface area contributed by atoms with Gasteiger partial charge in [-0.1, -0.05) is 84.7 Å². The molecule has 4 aromatic rings. The lowest BCUT2D eigenvalue weighted by Crippen LogP contribution is -2.53. The van der Waals surface area contributed by atoms with Gasteiger partial charge < -0.3 is 19.7 Å². The van der Waals surface area contributed by atoms with E-state index in [1.54, 1.807) is 54.6 Å². The first kappa shape index (κ1) is 34.1. The number of fused-ring (bicyclic) bond motifs is 1. The molecule has 2 amide bonds. The van der Waals surface area contributed by atoms with Crippen LogP contribution >= 0.6 is 23.2 Å². The number of rotatable bonds is 13. The summed E-state index contributed by atoms with van der Waals surface area (Å²) in [6.07, 6.45) is 0.886. The summed E-state index contributed by atoms with van der Waals surface area (Å²) in [5.41, 5.74) is 1.65. The molecule has 0 aliphatic carbocycles. The molecule has 5 rings (SSSR count). The Morgan fingerprint density at radius 1 is 0.830 bits per heavy atom. The number of amides is 2. The van der Waals surface area contributed by atoms with Crippen LogP contribution in [0.5, 0.6) is 11.5 Å². The Balaban J connectivity index is 1.59. The zero-order valence-electron chi connectivity index (χ0n) is 25.8. The van der Waals surface area contributed by atoms with Gasteiger partial charge in [-0.3, -0.25) is 13.9 Å². The lowest BCUT2D eigenvalue weighted by molar-refractivity contribution is -0.140. The first-order chi connectivity index (χ1) is 22.7. The van der Waals surface area contributed by atoms with Crippen molar-refractivity contribution in [2.75, 3.05) is 30.6 Å². The highest BCUT2D eigenvalue weighted by atomic mass is 35.5. The molecule has 0 aromatic heterocycles. The summed E-state index contributed by atoms with van der Waals surface area (Å²) in [7, 11) is -4.26. The smallest absolute Gasteiger partial charge is 0.264 e. The van der Waals surface area contributed by atoms with E-state index in [9.17, 15) is 18.0 Å². The molecule has 0 unspecified atom stereocenters. The zero-order chi connectivity index (χ0) is 33.4. The van der Waals surface area contributed by atoms with Crippen LogP contribution in [0.15, 0.2) is 102 Å². The molecule has 0 radical (unpaired) electrons. The standard InChI is InChI=1S/C35H35Cl2N3O6S/c1-2-17-38-35(42)31(21-25-9-5-3-6-10-25)39(23-26-13-15-29(36)30(37)20-26)34(41)24-40(47(43,44)28-11-7-4-8-12-28)27-14-16-32-33(22-27)46-19-18-45-32/h3-16,20,22,31H,2,17-19,21,23-24H2,1H3,(H,38,42)/t31-/m1/s1. The monoisotopic (exact) mass is 695 g/mol. The molecular weight excluding hydrogens is 661 g/mol. The van der Waals surface area contributed by atoms with E-state index in [1.807, 2.05) is 37.3 Å². The van der Waals surface area contributed by atoms with E-state index in [0.29, 0.717) is 48.3 Å². The molecule has 1 aliphatic rings. The Kier molecular flexibility index (Phi) is 11.3. The SMILES string of the molecule is CCCNC(=O)[C@@H](Cc1ccccc1)N(Cc1ccc(Cl)c(Cl)c1)C(=O)CN(c1ccc2c(c1)OCCO2)S(=O)(=O)c1ccccc1. The summed E-state index contributed by atoms with van der Waals surface area (Å²) < 4.78 is 40.8. The molecule has 0 bridgehead atoms. The number of halogens is 2. The molecule has 47 heavy (non-hydrogen) atoms. The molecule has 12 heteroatoms. The Morgan fingerprint density at radius 2 is 1.51 bits per heavy atom. The van der Waals surface area contributed by atoms with Crippen LogP contribution in [0.4, 0.5) is 5.69 Å². The van der Waals surface area contributed by atoms with E-state index < -0.39 is 28.5 Å². The van der Waals surface area contributed by atoms with E-state index in [0.717, 1.165) is 9.87 Å². The quantitative estimate of drug-likeness (QED) is 0.181. The van der Waals surface area contributed by atoms with Gasteiger partial charge in [-0.2, -0.15) is 0 Å². The van der Waals surface area contributed by atoms with Crippen LogP contribution in [0, 0.1) is 0 Å². The van der Waals surface area contributed by atoms with Gasteiger partial charge in [0.25, 0.3) is 10.0 Å². The summed E-state index contributed by atoms with van der Waals surface area (Å²) in [4.78, 5) is 29.8. The fourth-order valence-corrected chi connectivity index (χ4v) is 6.94. The predicted molar refractivity (Wildman–Crippen MR) is 183 cm³/mol. The van der Waals surface area contributed by atoms with Gasteiger partial charge in [-0.25, -0.2) is 8.42 Å². The Morgan fingerprint density at radius 3 is 2.19 bits per heavy atom. The molecule has 0 fully saturated rings. The number of ether oxygens (including phenoxy) is 2. The van der Waals surface area contributed by atoms with Crippen molar-refractivity contribution in [3.63, 3.8) is 0 Å². The van der Waals surface area contributed by atoms with Gasteiger partial charge in [0.2, 0.25) is 11.8 Å². The van der Waals surface area contributed by atoms with Gasteiger partial charge in [0.05, 0.1) is 20.6 Å². The largest absolute Gasteiger partial charge is 0.486 e. The van der Waals surface area contributed by atoms with Crippen LogP contribution in [0.3, 0.4) is 0 Å². The minimum absolute atomic E-state index is 0.000228. The predicted octanol–water partition coefficient (Wildman–Crippen LogP) is 6.13. The minimum atomic E-state index is -4.26. The third-order valence-corrected chi connectivity index (χ3v) is 10.1. The minimum Gasteiger partial charge on any atom is -0.486 e. The average Bonchev–Trinajstić information content (AvgIpc) is 3.09. The zero-order valence-corrected chi connectivity index (χ0v) is 28.1. The van der Waals surface area contributed by atoms with Crippen LogP contribution in [-0.2, 0) is 32.6 Å². The topological polar surface area (TPSA) is 105 Å². The fourth-order valence-electron chi connectivity index (χ4n) is 5.19. The van der Waals surface area contributed by atoms with Crippen molar-refractivity contribution in [2.45, 2.75) is 37.2 Å². The normalized spacial score (nSPS) is 13.0. The molecule has 4 aromatic carbocycles. The third kappa shape index (κ3) is 8.38. The van der Waals surface area contributed by atoms with Crippen LogP contribution in [-0.4, -0.2) is 57.5 Å². The van der Waals surface area contributed by atoms with Gasteiger partial charge in [0, 0.05) is 25.6 Å². The molecule has 1 heterocycles. The molecule has 0 saturated carbocycles. The summed E-state index contributed by atoms with van der Waals surface area (Å²) in [6.45, 7) is 2.36. The molecule has 0 spiro atoms. The average molecular weight is 697 g/mol. The third-order valence-electron chi connectivity index (χ3n) is 7.58. The maximum absolute atomic E-state index is 14.6. The second-order valence-electron chi connectivity index (χ2n) is 10.9. The Labute approximate surface area is 285 Å². The van der Waals surface area contributed by atoms with Gasteiger partial charge in [-0.15, -0.1) is 0 Å². The van der Waals surface area contributed by atoms with Gasteiger partial charge in [-0.05, 0) is 53.9 Å². The Bertz CT molecular complexity index is 1810. The summed E-state index contributed by atoms with van der Waals surface area (Å²) in [6, 6.07) is 25.9. The van der Waals surface area contributed by atoms with Crippen LogP contribution in [0.25, 0.3) is 0 Å². The number of nitrogens with one attached hydrogen (secondary N) is 1. The van der Waals surface area contributed by atoms with E-state index in [4.69, 9.17) is 32.7 Å². The summed E-state index contributed by atoms with van der Waals surface area (Å²) in [5.74, 6) is -0.123. The molecule has 1 N–H and O–H groups in total. The van der Waals surface area contributed by atoms with E-state index in [2.05, 4.69) is 5.32 Å². The number of hydrogen-bond donors (Lipinski definition) is 1. The van der Waals surface area contributed by atoms with Crippen LogP contribution in [0.1, 0.15) is 24.5 Å². The number of hydrogen-bond acceptors (Lipinski definition) is 6. The van der Waals surface area contributed by atoms with E-state index >= 15 is 0 Å². The maximum atomic E-state index is 14.6. The molecule has 1 aliphatic heterocycles. The second kappa shape index (κ2) is 15.6. The lowest BCUT2D eigenvalue weighted by atomic mass is 10.0. The lowest BCUT2D eigenvalue weighted by Gasteiger charge is -2.34. The van der Waals surface area contributed by atoms with E-state index in [-0.39, 0.29) is 34.5 Å². The summed E-state index contributed by atoms with van der Waals surface area (Å²) >= 11 is 12.5. The second-order valence-corrected chi connectivity index (χ2v) is 13.6. The maximum Gasteiger partial charge on any atom is 0.264 e. The molecular formula is C35H35Cl2N3O6S. The first-order valence-electron chi connectivity index (χ1n) is 15.2. The molecule has 9 nitrogen and oxygen atoms in total. The highest BCUT2D eigenvalue weighted by Crippen LogP contribution is 2.36. The van der Waals surface area contributed by atoms with Crippen molar-refractivity contribution in [1.29, 1.82) is 0 Å². The fraction of sp³-hybridized carbons (Fsp3) is 0.257. The number of nitrogens with zero attached hydrogens (tertiary/aromatic N) is 2. The van der Waals surface area contributed by atoms with Crippen molar-refractivity contribution in [1.82, 2.24) is 10.2 Å². The molecule has 246 valence electrons. The van der Waals surface area contributed by atoms with Gasteiger partial charge in [0.15, 0.2) is 11.5 Å². The highest BCUT2D eigenvalue weighted by molar-refractivity contribution is 7.92. The van der Waals surface area contributed by atoms with E-state index in [1.165, 1.54) is 17.0 Å². The summed E-state index contributed by atoms with van der Waals surface area (Å²) in [5, 5.41) is 3.56. The van der Waals surface area contributed by atoms with Crippen molar-refractivity contribution in [3.8, 4) is 11.5 Å². The number of anilines is 1. The number of benzene rings is 4. The van der Waals surface area contributed by atoms with Crippen molar-refractivity contribution in [3.05, 3.63) is 118 Å². The molecule has 0 saturated heterocycles. The molecule has 1 atom stereocenters. The van der Waals surface area contributed by atoms with Crippen LogP contribution < -0.4 is 19.1 Å². The highest BCUT2D eigenvalue weighted by Gasteiger charge is 2.35. The van der Waals surface area contributed by atoms with Crippen LogP contribution in [0.2, 0.25) is 10.0 Å². The number of carbonyl (C=O) groups excluding carboxylic acids is 2. The first-order valence-corrected chi connectivity index (χ1v) is 17.4. The number of carbonyl (C=O) groups is 2. The van der Waals surface area contributed by atoms with Crippen molar-refractivity contribution < 1.29 is 27.5 Å². The Hall–Kier alpha value is -4.25. The van der Waals surface area contributed by atoms with Gasteiger partial charge >= 0.3 is 0 Å². The van der Waals surface area contributed by atoms with Gasteiger partial charge in [0.1, 0.15) is 25.8 Å². The van der Waals surface area contributed by atoms with Crippen molar-refractivity contribution >= 4 is 50.7 Å². The number of sulfonamides is 1.